The number of benzene rings is 2. The Hall–Kier alpha value is -3.23. The summed E-state index contributed by atoms with van der Waals surface area (Å²) >= 11 is 1.33. The van der Waals surface area contributed by atoms with Crippen LogP contribution in [0.3, 0.4) is 0 Å². The van der Waals surface area contributed by atoms with Gasteiger partial charge in [0.05, 0.1) is 4.88 Å². The van der Waals surface area contributed by atoms with Crippen molar-refractivity contribution in [1.29, 1.82) is 0 Å². The Bertz CT molecular complexity index is 1120. The second kappa shape index (κ2) is 12.0. The van der Waals surface area contributed by atoms with E-state index in [0.29, 0.717) is 24.6 Å². The van der Waals surface area contributed by atoms with Crippen molar-refractivity contribution in [1.82, 2.24) is 10.3 Å². The largest absolute Gasteiger partial charge is 0.488 e. The van der Waals surface area contributed by atoms with Gasteiger partial charge in [0.1, 0.15) is 24.5 Å². The molecular weight excluding hydrogens is 462 g/mol. The van der Waals surface area contributed by atoms with Crippen molar-refractivity contribution in [3.63, 3.8) is 0 Å². The minimum absolute atomic E-state index is 0.365. The Morgan fingerprint density at radius 2 is 1.74 bits per heavy atom. The molecule has 35 heavy (non-hydrogen) atoms. The lowest BCUT2D eigenvalue weighted by atomic mass is 9.88. The van der Waals surface area contributed by atoms with Gasteiger partial charge in [0.15, 0.2) is 5.13 Å². The van der Waals surface area contributed by atoms with Crippen molar-refractivity contribution < 1.29 is 19.4 Å². The van der Waals surface area contributed by atoms with Crippen molar-refractivity contribution in [2.45, 2.75) is 59.3 Å². The highest BCUT2D eigenvalue weighted by molar-refractivity contribution is 7.19. The standard InChI is InChI=1S/C27H33N3O4S/c1-5-11-20(29-25(33)23(31)27(2,3)4)24(32)30-26-28-16-22(35-26)19-14-9-10-15-21(19)34-17-18-12-7-6-8-13-18/h6-10,12-16,20,23,31H,5,11,17H2,1-4H3,(H,29,33)(H,28,30,32)/t20-,23+/m0/s1. The maximum Gasteiger partial charge on any atom is 0.250 e. The molecule has 0 fully saturated rings. The van der Waals surface area contributed by atoms with E-state index in [1.54, 1.807) is 27.0 Å². The van der Waals surface area contributed by atoms with Crippen LogP contribution in [0, 0.1) is 5.41 Å². The van der Waals surface area contributed by atoms with Crippen LogP contribution in [-0.2, 0) is 16.2 Å². The molecule has 2 amide bonds. The van der Waals surface area contributed by atoms with E-state index >= 15 is 0 Å². The third kappa shape index (κ3) is 7.37. The number of anilines is 1. The number of thiazole rings is 1. The Morgan fingerprint density at radius 3 is 2.43 bits per heavy atom. The Labute approximate surface area is 210 Å². The molecule has 0 bridgehead atoms. The van der Waals surface area contributed by atoms with Crippen molar-refractivity contribution >= 4 is 28.3 Å². The molecule has 0 saturated carbocycles. The molecule has 2 atom stereocenters. The van der Waals surface area contributed by atoms with E-state index in [-0.39, 0.29) is 5.91 Å². The number of amides is 2. The van der Waals surface area contributed by atoms with E-state index in [0.717, 1.165) is 21.8 Å². The summed E-state index contributed by atoms with van der Waals surface area (Å²) in [6.07, 6.45) is 1.62. The van der Waals surface area contributed by atoms with Crippen LogP contribution < -0.4 is 15.4 Å². The van der Waals surface area contributed by atoms with E-state index in [4.69, 9.17) is 4.74 Å². The third-order valence-corrected chi connectivity index (χ3v) is 6.35. The molecule has 1 heterocycles. The average Bonchev–Trinajstić information content (AvgIpc) is 3.30. The van der Waals surface area contributed by atoms with E-state index in [1.165, 1.54) is 11.3 Å². The van der Waals surface area contributed by atoms with Gasteiger partial charge >= 0.3 is 0 Å². The van der Waals surface area contributed by atoms with Crippen molar-refractivity contribution in [3.8, 4) is 16.2 Å². The lowest BCUT2D eigenvalue weighted by molar-refractivity contribution is -0.137. The molecule has 2 aromatic carbocycles. The fraction of sp³-hybridized carbons (Fsp3) is 0.370. The van der Waals surface area contributed by atoms with Gasteiger partial charge in [-0.05, 0) is 29.5 Å². The summed E-state index contributed by atoms with van der Waals surface area (Å²) in [7, 11) is 0. The summed E-state index contributed by atoms with van der Waals surface area (Å²) < 4.78 is 6.05. The SMILES string of the molecule is CCC[C@H](NC(=O)[C@@H](O)C(C)(C)C)C(=O)Nc1ncc(-c2ccccc2OCc2ccccc2)s1. The van der Waals surface area contributed by atoms with Crippen LogP contribution in [0.1, 0.15) is 46.1 Å². The summed E-state index contributed by atoms with van der Waals surface area (Å²) in [6.45, 7) is 7.68. The lowest BCUT2D eigenvalue weighted by Gasteiger charge is -2.26. The first-order valence-corrected chi connectivity index (χ1v) is 12.5. The first-order valence-electron chi connectivity index (χ1n) is 11.7. The number of hydrogen-bond donors (Lipinski definition) is 3. The Balaban J connectivity index is 1.69. The van der Waals surface area contributed by atoms with Gasteiger partial charge in [0.2, 0.25) is 11.8 Å². The highest BCUT2D eigenvalue weighted by Crippen LogP contribution is 2.35. The van der Waals surface area contributed by atoms with E-state index in [1.807, 2.05) is 61.5 Å². The van der Waals surface area contributed by atoms with Gasteiger partial charge < -0.3 is 20.5 Å². The molecule has 1 aromatic heterocycles. The zero-order valence-corrected chi connectivity index (χ0v) is 21.4. The van der Waals surface area contributed by atoms with Crippen LogP contribution in [0.2, 0.25) is 0 Å². The maximum atomic E-state index is 12.9. The molecule has 0 spiro atoms. The van der Waals surface area contributed by atoms with Crippen LogP contribution in [-0.4, -0.2) is 34.1 Å². The van der Waals surface area contributed by atoms with Gasteiger partial charge in [0.25, 0.3) is 0 Å². The predicted octanol–water partition coefficient (Wildman–Crippen LogP) is 5.02. The molecule has 3 N–H and O–H groups in total. The minimum Gasteiger partial charge on any atom is -0.488 e. The molecule has 7 nitrogen and oxygen atoms in total. The normalized spacial score (nSPS) is 13.1. The number of hydrogen-bond acceptors (Lipinski definition) is 6. The minimum atomic E-state index is -1.21. The van der Waals surface area contributed by atoms with Gasteiger partial charge in [-0.1, -0.05) is 87.9 Å². The van der Waals surface area contributed by atoms with Gasteiger partial charge in [-0.2, -0.15) is 0 Å². The molecule has 0 aliphatic carbocycles. The molecule has 8 heteroatoms. The molecule has 0 radical (unpaired) electrons. The number of carbonyl (C=O) groups excluding carboxylic acids is 2. The number of carbonyl (C=O) groups is 2. The van der Waals surface area contributed by atoms with Crippen LogP contribution in [0.15, 0.2) is 60.8 Å². The number of aromatic nitrogens is 1. The quantitative estimate of drug-likeness (QED) is 0.367. The summed E-state index contributed by atoms with van der Waals surface area (Å²) in [5.41, 5.74) is 1.32. The number of ether oxygens (including phenoxy) is 1. The molecule has 0 unspecified atom stereocenters. The van der Waals surface area contributed by atoms with Crippen LogP contribution in [0.5, 0.6) is 5.75 Å². The van der Waals surface area contributed by atoms with Crippen LogP contribution in [0.25, 0.3) is 10.4 Å². The molecule has 3 aromatic rings. The summed E-state index contributed by atoms with van der Waals surface area (Å²) in [6, 6.07) is 16.9. The number of para-hydroxylation sites is 1. The van der Waals surface area contributed by atoms with Gasteiger partial charge in [-0.25, -0.2) is 4.98 Å². The molecule has 0 aliphatic rings. The van der Waals surface area contributed by atoms with Crippen LogP contribution >= 0.6 is 11.3 Å². The summed E-state index contributed by atoms with van der Waals surface area (Å²) in [5.74, 6) is -0.198. The average molecular weight is 496 g/mol. The zero-order valence-electron chi connectivity index (χ0n) is 20.6. The molecule has 3 rings (SSSR count). The second-order valence-corrected chi connectivity index (χ2v) is 10.4. The summed E-state index contributed by atoms with van der Waals surface area (Å²) in [5, 5.41) is 16.2. The monoisotopic (exact) mass is 495 g/mol. The van der Waals surface area contributed by atoms with Gasteiger partial charge in [0, 0.05) is 11.8 Å². The predicted molar refractivity (Wildman–Crippen MR) is 139 cm³/mol. The van der Waals surface area contributed by atoms with Crippen LogP contribution in [0.4, 0.5) is 5.13 Å². The number of rotatable bonds is 10. The highest BCUT2D eigenvalue weighted by atomic mass is 32.1. The lowest BCUT2D eigenvalue weighted by Crippen LogP contribution is -2.50. The number of nitrogens with zero attached hydrogens (tertiary/aromatic N) is 1. The number of nitrogens with one attached hydrogen (secondary N) is 2. The van der Waals surface area contributed by atoms with E-state index in [9.17, 15) is 14.7 Å². The first-order chi connectivity index (χ1) is 16.7. The van der Waals surface area contributed by atoms with Gasteiger partial charge in [-0.3, -0.25) is 9.59 Å². The fourth-order valence-electron chi connectivity index (χ4n) is 3.38. The number of aliphatic hydroxyl groups is 1. The zero-order chi connectivity index (χ0) is 25.4. The van der Waals surface area contributed by atoms with E-state index < -0.39 is 23.5 Å². The Kier molecular flexibility index (Phi) is 9.01. The summed E-state index contributed by atoms with van der Waals surface area (Å²) in [4.78, 5) is 30.6. The topological polar surface area (TPSA) is 101 Å². The van der Waals surface area contributed by atoms with E-state index in [2.05, 4.69) is 15.6 Å². The smallest absolute Gasteiger partial charge is 0.250 e. The van der Waals surface area contributed by atoms with Gasteiger partial charge in [-0.15, -0.1) is 0 Å². The fourth-order valence-corrected chi connectivity index (χ4v) is 4.23. The molecule has 0 aliphatic heterocycles. The molecular formula is C27H33N3O4S. The van der Waals surface area contributed by atoms with Crippen molar-refractivity contribution in [2.75, 3.05) is 5.32 Å². The maximum absolute atomic E-state index is 12.9. The Morgan fingerprint density at radius 1 is 1.06 bits per heavy atom. The number of aliphatic hydroxyl groups excluding tert-OH is 1. The van der Waals surface area contributed by atoms with Crippen molar-refractivity contribution in [3.05, 3.63) is 66.4 Å². The first kappa shape index (κ1) is 26.4. The molecule has 186 valence electrons. The van der Waals surface area contributed by atoms with Crippen molar-refractivity contribution in [2.24, 2.45) is 5.41 Å². The second-order valence-electron chi connectivity index (χ2n) is 9.41. The third-order valence-electron chi connectivity index (χ3n) is 5.40. The molecule has 0 saturated heterocycles. The highest BCUT2D eigenvalue weighted by Gasteiger charge is 2.32.